The van der Waals surface area contributed by atoms with Crippen LogP contribution in [0.25, 0.3) is 0 Å². The van der Waals surface area contributed by atoms with Crippen LogP contribution >= 0.6 is 11.6 Å². The zero-order valence-corrected chi connectivity index (χ0v) is 12.4. The van der Waals surface area contributed by atoms with E-state index in [0.717, 1.165) is 0 Å². The van der Waals surface area contributed by atoms with Crippen LogP contribution in [0, 0.1) is 0 Å². The molecule has 6 nitrogen and oxygen atoms in total. The van der Waals surface area contributed by atoms with Crippen molar-refractivity contribution < 1.29 is 9.59 Å². The van der Waals surface area contributed by atoms with Crippen molar-refractivity contribution in [3.8, 4) is 0 Å². The van der Waals surface area contributed by atoms with Gasteiger partial charge in [0.1, 0.15) is 11.4 Å². The highest BCUT2D eigenvalue weighted by atomic mass is 35.5. The summed E-state index contributed by atoms with van der Waals surface area (Å²) in [6, 6.07) is 1.56. The quantitative estimate of drug-likeness (QED) is 0.858. The number of halogens is 1. The lowest BCUT2D eigenvalue weighted by Crippen LogP contribution is -2.63. The highest BCUT2D eigenvalue weighted by molar-refractivity contribution is 6.33. The Morgan fingerprint density at radius 2 is 2.25 bits per heavy atom. The molecule has 1 aromatic heterocycles. The molecule has 20 heavy (non-hydrogen) atoms. The van der Waals surface area contributed by atoms with Gasteiger partial charge in [0.15, 0.2) is 0 Å². The van der Waals surface area contributed by atoms with Crippen LogP contribution in [-0.4, -0.2) is 47.4 Å². The Bertz CT molecular complexity index is 559. The molecule has 2 amide bonds. The lowest BCUT2D eigenvalue weighted by atomic mass is 9.98. The number of nitrogens with one attached hydrogen (secondary N) is 2. The van der Waals surface area contributed by atoms with Gasteiger partial charge in [0.25, 0.3) is 5.91 Å². The van der Waals surface area contributed by atoms with Crippen LogP contribution < -0.4 is 10.6 Å². The van der Waals surface area contributed by atoms with Crippen LogP contribution in [0.15, 0.2) is 12.3 Å². The molecule has 1 aromatic rings. The van der Waals surface area contributed by atoms with E-state index in [1.165, 1.54) is 11.1 Å². The van der Waals surface area contributed by atoms with Crippen molar-refractivity contribution in [3.05, 3.63) is 22.8 Å². The molecule has 0 unspecified atom stereocenters. The molecule has 1 aliphatic heterocycles. The van der Waals surface area contributed by atoms with Gasteiger partial charge in [-0.3, -0.25) is 9.59 Å². The van der Waals surface area contributed by atoms with Crippen LogP contribution in [-0.2, 0) is 4.79 Å². The molecule has 0 aromatic carbocycles. The third-order valence-corrected chi connectivity index (χ3v) is 3.71. The molecule has 0 radical (unpaired) electrons. The largest absolute Gasteiger partial charge is 0.372 e. The summed E-state index contributed by atoms with van der Waals surface area (Å²) in [5, 5.41) is 5.96. The van der Waals surface area contributed by atoms with Gasteiger partial charge in [0.2, 0.25) is 5.91 Å². The Balaban J connectivity index is 2.31. The minimum absolute atomic E-state index is 0.164. The molecule has 108 valence electrons. The Morgan fingerprint density at radius 3 is 2.85 bits per heavy atom. The molecule has 0 saturated carbocycles. The van der Waals surface area contributed by atoms with Crippen LogP contribution in [0.1, 0.15) is 24.2 Å². The zero-order valence-electron chi connectivity index (χ0n) is 11.7. The average molecular weight is 297 g/mol. The van der Waals surface area contributed by atoms with E-state index < -0.39 is 5.54 Å². The molecule has 1 aliphatic rings. The summed E-state index contributed by atoms with van der Waals surface area (Å²) in [6.45, 7) is 4.35. The van der Waals surface area contributed by atoms with E-state index in [4.69, 9.17) is 11.6 Å². The number of anilines is 1. The second-order valence-corrected chi connectivity index (χ2v) is 5.48. The minimum Gasteiger partial charge on any atom is -0.372 e. The van der Waals surface area contributed by atoms with Gasteiger partial charge in [-0.25, -0.2) is 4.98 Å². The van der Waals surface area contributed by atoms with Gasteiger partial charge in [-0.1, -0.05) is 11.6 Å². The fourth-order valence-corrected chi connectivity index (χ4v) is 2.41. The van der Waals surface area contributed by atoms with E-state index >= 15 is 0 Å². The van der Waals surface area contributed by atoms with Crippen molar-refractivity contribution in [2.45, 2.75) is 19.4 Å². The van der Waals surface area contributed by atoms with E-state index in [2.05, 4.69) is 15.6 Å². The highest BCUT2D eigenvalue weighted by Gasteiger charge is 2.40. The molecule has 2 heterocycles. The van der Waals surface area contributed by atoms with Crippen LogP contribution in [0.4, 0.5) is 5.82 Å². The zero-order chi connectivity index (χ0) is 14.9. The highest BCUT2D eigenvalue weighted by Crippen LogP contribution is 2.24. The number of carbonyl (C=O) groups excluding carboxylic acids is 2. The Morgan fingerprint density at radius 1 is 1.55 bits per heavy atom. The van der Waals surface area contributed by atoms with Crippen molar-refractivity contribution in [1.82, 2.24) is 15.2 Å². The van der Waals surface area contributed by atoms with E-state index in [1.807, 2.05) is 0 Å². The summed E-state index contributed by atoms with van der Waals surface area (Å²) in [5.74, 6) is 0.101. The number of carbonyl (C=O) groups is 2. The number of pyridine rings is 1. The van der Waals surface area contributed by atoms with E-state index in [0.29, 0.717) is 29.5 Å². The van der Waals surface area contributed by atoms with Gasteiger partial charge >= 0.3 is 0 Å². The number of rotatable bonds is 2. The molecule has 1 saturated heterocycles. The Kier molecular flexibility index (Phi) is 3.85. The first-order valence-electron chi connectivity index (χ1n) is 6.31. The summed E-state index contributed by atoms with van der Waals surface area (Å²) < 4.78 is 0. The van der Waals surface area contributed by atoms with E-state index in [9.17, 15) is 9.59 Å². The number of hydrogen-bond donors (Lipinski definition) is 2. The minimum atomic E-state index is -0.885. The standard InChI is InChI=1S/C13H17ClN4O2/c1-13(2)12(20)16-4-5-18(13)11(19)8-6-9(14)10(15-3)17-7-8/h6-7H,4-5H2,1-3H3,(H,15,17)(H,16,20). The van der Waals surface area contributed by atoms with Gasteiger partial charge in [-0.15, -0.1) is 0 Å². The maximum absolute atomic E-state index is 12.5. The SMILES string of the molecule is CNc1ncc(C(=O)N2CCNC(=O)C2(C)C)cc1Cl. The van der Waals surface area contributed by atoms with Gasteiger partial charge in [0, 0.05) is 26.3 Å². The third kappa shape index (κ3) is 2.43. The molecule has 7 heteroatoms. The molecule has 0 aliphatic carbocycles. The first-order valence-corrected chi connectivity index (χ1v) is 6.69. The van der Waals surface area contributed by atoms with Crippen LogP contribution in [0.3, 0.4) is 0 Å². The molecular formula is C13H17ClN4O2. The number of hydrogen-bond acceptors (Lipinski definition) is 4. The molecule has 0 spiro atoms. The smallest absolute Gasteiger partial charge is 0.256 e. The summed E-state index contributed by atoms with van der Waals surface area (Å²) in [4.78, 5) is 30.0. The molecule has 2 N–H and O–H groups in total. The van der Waals surface area contributed by atoms with Crippen molar-refractivity contribution >= 4 is 29.2 Å². The molecule has 0 bridgehead atoms. The number of piperazine rings is 1. The summed E-state index contributed by atoms with van der Waals surface area (Å²) in [6.07, 6.45) is 1.46. The van der Waals surface area contributed by atoms with Gasteiger partial charge in [-0.05, 0) is 19.9 Å². The molecule has 1 fully saturated rings. The van der Waals surface area contributed by atoms with Crippen LogP contribution in [0.2, 0.25) is 5.02 Å². The fraction of sp³-hybridized carbons (Fsp3) is 0.462. The van der Waals surface area contributed by atoms with Crippen LogP contribution in [0.5, 0.6) is 0 Å². The Hall–Kier alpha value is -1.82. The van der Waals surface area contributed by atoms with Gasteiger partial charge in [0.05, 0.1) is 10.6 Å². The van der Waals surface area contributed by atoms with Gasteiger partial charge in [-0.2, -0.15) is 0 Å². The van der Waals surface area contributed by atoms with Crippen molar-refractivity contribution in [2.75, 3.05) is 25.5 Å². The topological polar surface area (TPSA) is 74.3 Å². The third-order valence-electron chi connectivity index (χ3n) is 3.42. The van der Waals surface area contributed by atoms with Crippen molar-refractivity contribution in [1.29, 1.82) is 0 Å². The summed E-state index contributed by atoms with van der Waals surface area (Å²) in [7, 11) is 1.70. The molecule has 2 rings (SSSR count). The first-order chi connectivity index (χ1) is 9.37. The first kappa shape index (κ1) is 14.6. The van der Waals surface area contributed by atoms with E-state index in [1.54, 1.807) is 27.0 Å². The monoisotopic (exact) mass is 296 g/mol. The second kappa shape index (κ2) is 5.28. The Labute approximate surface area is 122 Å². The average Bonchev–Trinajstić information content (AvgIpc) is 2.41. The lowest BCUT2D eigenvalue weighted by Gasteiger charge is -2.41. The van der Waals surface area contributed by atoms with Crippen molar-refractivity contribution in [2.24, 2.45) is 0 Å². The number of amides is 2. The predicted octanol–water partition coefficient (Wildman–Crippen LogP) is 1.13. The summed E-state index contributed by atoms with van der Waals surface area (Å²) in [5.41, 5.74) is -0.513. The fourth-order valence-electron chi connectivity index (χ4n) is 2.15. The maximum atomic E-state index is 12.5. The normalized spacial score (nSPS) is 17.6. The van der Waals surface area contributed by atoms with E-state index in [-0.39, 0.29) is 11.8 Å². The summed E-state index contributed by atoms with van der Waals surface area (Å²) >= 11 is 6.04. The maximum Gasteiger partial charge on any atom is 0.256 e. The molecule has 0 atom stereocenters. The molecular weight excluding hydrogens is 280 g/mol. The number of nitrogens with zero attached hydrogens (tertiary/aromatic N) is 2. The lowest BCUT2D eigenvalue weighted by molar-refractivity contribution is -0.133. The second-order valence-electron chi connectivity index (χ2n) is 5.08. The predicted molar refractivity (Wildman–Crippen MR) is 76.9 cm³/mol. The number of aromatic nitrogens is 1. The van der Waals surface area contributed by atoms with Crippen molar-refractivity contribution in [3.63, 3.8) is 0 Å². The van der Waals surface area contributed by atoms with Gasteiger partial charge < -0.3 is 15.5 Å².